The summed E-state index contributed by atoms with van der Waals surface area (Å²) in [6.45, 7) is -0.0600. The van der Waals surface area contributed by atoms with E-state index in [-0.39, 0.29) is 18.0 Å². The zero-order valence-corrected chi connectivity index (χ0v) is 12.1. The van der Waals surface area contributed by atoms with Crippen LogP contribution in [0.25, 0.3) is 0 Å². The molecule has 1 aromatic heterocycles. The van der Waals surface area contributed by atoms with E-state index in [1.54, 1.807) is 18.3 Å². The molecule has 2 aromatic rings. The number of rotatable bonds is 4. The minimum absolute atomic E-state index is 0.0600. The van der Waals surface area contributed by atoms with Crippen LogP contribution in [0.2, 0.25) is 0 Å². The zero-order valence-electron chi connectivity index (χ0n) is 10.5. The summed E-state index contributed by atoms with van der Waals surface area (Å²) >= 11 is 3.35. The summed E-state index contributed by atoms with van der Waals surface area (Å²) < 4.78 is 2.24. The number of aromatic nitrogens is 1. The Morgan fingerprint density at radius 3 is 2.90 bits per heavy atom. The van der Waals surface area contributed by atoms with Gasteiger partial charge < -0.3 is 4.57 Å². The van der Waals surface area contributed by atoms with Gasteiger partial charge in [0.1, 0.15) is 6.54 Å². The summed E-state index contributed by atoms with van der Waals surface area (Å²) in [5, 5.41) is 3.85. The molecule has 0 atom stereocenters. The molecule has 0 saturated carbocycles. The van der Waals surface area contributed by atoms with Crippen LogP contribution in [-0.4, -0.2) is 16.7 Å². The molecule has 102 valence electrons. The molecule has 1 heterocycles. The van der Waals surface area contributed by atoms with E-state index < -0.39 is 0 Å². The van der Waals surface area contributed by atoms with Gasteiger partial charge in [-0.2, -0.15) is 5.10 Å². The second-order valence-corrected chi connectivity index (χ2v) is 4.93. The third-order valence-electron chi connectivity index (χ3n) is 2.46. The molecule has 1 aromatic carbocycles. The summed E-state index contributed by atoms with van der Waals surface area (Å²) in [5.74, 6) is -0.357. The number of nitrogens with one attached hydrogen (secondary N) is 1. The van der Waals surface area contributed by atoms with Crippen molar-refractivity contribution in [2.45, 2.75) is 6.54 Å². The van der Waals surface area contributed by atoms with Crippen LogP contribution in [0, 0.1) is 0 Å². The van der Waals surface area contributed by atoms with Gasteiger partial charge in [-0.1, -0.05) is 34.1 Å². The Morgan fingerprint density at radius 2 is 2.15 bits per heavy atom. The highest BCUT2D eigenvalue weighted by Crippen LogP contribution is 2.09. The Bertz CT molecular complexity index is 695. The average Bonchev–Trinajstić information content (AvgIpc) is 2.41. The molecule has 0 aliphatic heterocycles. The summed E-state index contributed by atoms with van der Waals surface area (Å²) in [7, 11) is 0. The molecule has 1 amide bonds. The van der Waals surface area contributed by atoms with Crippen molar-refractivity contribution in [3.8, 4) is 0 Å². The SMILES string of the molecule is O=C(Cn1ccccc1=O)N/N=C\c1cccc(Br)c1. The van der Waals surface area contributed by atoms with Crippen molar-refractivity contribution >= 4 is 28.1 Å². The fourth-order valence-electron chi connectivity index (χ4n) is 1.55. The quantitative estimate of drug-likeness (QED) is 0.684. The number of benzene rings is 1. The molecule has 2 rings (SSSR count). The van der Waals surface area contributed by atoms with Gasteiger partial charge in [0.15, 0.2) is 0 Å². The molecule has 6 heteroatoms. The highest BCUT2D eigenvalue weighted by Gasteiger charge is 2.01. The summed E-state index contributed by atoms with van der Waals surface area (Å²) in [5.41, 5.74) is 3.02. The number of amides is 1. The molecular weight excluding hydrogens is 322 g/mol. The molecule has 0 radical (unpaired) electrons. The van der Waals surface area contributed by atoms with Crippen molar-refractivity contribution in [3.63, 3.8) is 0 Å². The van der Waals surface area contributed by atoms with Gasteiger partial charge in [0, 0.05) is 16.7 Å². The van der Waals surface area contributed by atoms with Gasteiger partial charge in [0.2, 0.25) is 0 Å². The lowest BCUT2D eigenvalue weighted by Gasteiger charge is -2.03. The van der Waals surface area contributed by atoms with Crippen molar-refractivity contribution in [2.24, 2.45) is 5.10 Å². The predicted octanol–water partition coefficient (Wildman–Crippen LogP) is 1.76. The predicted molar refractivity (Wildman–Crippen MR) is 80.6 cm³/mol. The maximum absolute atomic E-state index is 11.6. The first-order chi connectivity index (χ1) is 9.65. The van der Waals surface area contributed by atoms with Crippen molar-refractivity contribution < 1.29 is 4.79 Å². The van der Waals surface area contributed by atoms with Crippen LogP contribution in [0.15, 0.2) is 63.0 Å². The van der Waals surface area contributed by atoms with Crippen LogP contribution in [0.5, 0.6) is 0 Å². The molecule has 0 fully saturated rings. The van der Waals surface area contributed by atoms with Gasteiger partial charge in [0.25, 0.3) is 11.5 Å². The molecule has 0 aliphatic rings. The lowest BCUT2D eigenvalue weighted by molar-refractivity contribution is -0.121. The van der Waals surface area contributed by atoms with Gasteiger partial charge in [0.05, 0.1) is 6.21 Å². The normalized spacial score (nSPS) is 10.7. The van der Waals surface area contributed by atoms with Crippen LogP contribution in [0.3, 0.4) is 0 Å². The molecule has 5 nitrogen and oxygen atoms in total. The smallest absolute Gasteiger partial charge is 0.260 e. The largest absolute Gasteiger partial charge is 0.306 e. The molecule has 1 N–H and O–H groups in total. The van der Waals surface area contributed by atoms with Crippen molar-refractivity contribution in [1.82, 2.24) is 9.99 Å². The summed E-state index contributed by atoms with van der Waals surface area (Å²) in [6.07, 6.45) is 3.09. The number of carbonyl (C=O) groups excluding carboxylic acids is 1. The number of hydrogen-bond donors (Lipinski definition) is 1. The van der Waals surface area contributed by atoms with E-state index in [1.165, 1.54) is 16.8 Å². The number of hydrogen-bond acceptors (Lipinski definition) is 3. The Morgan fingerprint density at radius 1 is 1.30 bits per heavy atom. The maximum atomic E-state index is 11.6. The first-order valence-electron chi connectivity index (χ1n) is 5.88. The van der Waals surface area contributed by atoms with Crippen molar-refractivity contribution in [2.75, 3.05) is 0 Å². The first kappa shape index (κ1) is 14.2. The van der Waals surface area contributed by atoms with Gasteiger partial charge in [-0.25, -0.2) is 5.43 Å². The third-order valence-corrected chi connectivity index (χ3v) is 2.96. The fourth-order valence-corrected chi connectivity index (χ4v) is 1.96. The Hall–Kier alpha value is -2.21. The average molecular weight is 334 g/mol. The van der Waals surface area contributed by atoms with E-state index in [1.807, 2.05) is 24.3 Å². The van der Waals surface area contributed by atoms with E-state index in [0.717, 1.165) is 10.0 Å². The monoisotopic (exact) mass is 333 g/mol. The van der Waals surface area contributed by atoms with Crippen LogP contribution >= 0.6 is 15.9 Å². The van der Waals surface area contributed by atoms with Crippen LogP contribution < -0.4 is 11.0 Å². The minimum Gasteiger partial charge on any atom is -0.306 e. The molecule has 20 heavy (non-hydrogen) atoms. The highest BCUT2D eigenvalue weighted by molar-refractivity contribution is 9.10. The molecule has 0 bridgehead atoms. The number of nitrogens with zero attached hydrogens (tertiary/aromatic N) is 2. The number of halogens is 1. The lowest BCUT2D eigenvalue weighted by atomic mass is 10.2. The van der Waals surface area contributed by atoms with Gasteiger partial charge >= 0.3 is 0 Å². The van der Waals surface area contributed by atoms with Crippen LogP contribution in [0.4, 0.5) is 0 Å². The standard InChI is InChI=1S/C14H12BrN3O2/c15-12-5-3-4-11(8-12)9-16-17-13(19)10-18-7-2-1-6-14(18)20/h1-9H,10H2,(H,17,19)/b16-9-. The summed E-state index contributed by atoms with van der Waals surface area (Å²) in [6, 6.07) is 12.2. The van der Waals surface area contributed by atoms with E-state index in [0.29, 0.717) is 0 Å². The van der Waals surface area contributed by atoms with Crippen molar-refractivity contribution in [3.05, 3.63) is 69.1 Å². The van der Waals surface area contributed by atoms with Gasteiger partial charge in [-0.05, 0) is 23.8 Å². The molecule has 0 saturated heterocycles. The Labute approximate surface area is 124 Å². The van der Waals surface area contributed by atoms with Gasteiger partial charge in [-0.3, -0.25) is 9.59 Å². The highest BCUT2D eigenvalue weighted by atomic mass is 79.9. The number of pyridine rings is 1. The van der Waals surface area contributed by atoms with E-state index >= 15 is 0 Å². The van der Waals surface area contributed by atoms with Gasteiger partial charge in [-0.15, -0.1) is 0 Å². The second-order valence-electron chi connectivity index (χ2n) is 4.01. The fraction of sp³-hybridized carbons (Fsp3) is 0.0714. The first-order valence-corrected chi connectivity index (χ1v) is 6.67. The molecular formula is C14H12BrN3O2. The zero-order chi connectivity index (χ0) is 14.4. The minimum atomic E-state index is -0.357. The van der Waals surface area contributed by atoms with E-state index in [2.05, 4.69) is 26.5 Å². The van der Waals surface area contributed by atoms with Crippen molar-refractivity contribution in [1.29, 1.82) is 0 Å². The van der Waals surface area contributed by atoms with Crippen LogP contribution in [0.1, 0.15) is 5.56 Å². The number of hydrazone groups is 1. The van der Waals surface area contributed by atoms with E-state index in [9.17, 15) is 9.59 Å². The molecule has 0 unspecified atom stereocenters. The summed E-state index contributed by atoms with van der Waals surface area (Å²) in [4.78, 5) is 23.1. The number of carbonyl (C=O) groups is 1. The molecule has 0 spiro atoms. The lowest BCUT2D eigenvalue weighted by Crippen LogP contribution is -2.28. The maximum Gasteiger partial charge on any atom is 0.260 e. The third kappa shape index (κ3) is 4.17. The second kappa shape index (κ2) is 6.81. The van der Waals surface area contributed by atoms with Crippen LogP contribution in [-0.2, 0) is 11.3 Å². The Balaban J connectivity index is 1.93. The Kier molecular flexibility index (Phi) is 4.84. The topological polar surface area (TPSA) is 63.5 Å². The molecule has 0 aliphatic carbocycles. The van der Waals surface area contributed by atoms with E-state index in [4.69, 9.17) is 0 Å².